The van der Waals surface area contributed by atoms with Gasteiger partial charge >= 0.3 is 0 Å². The highest BCUT2D eigenvalue weighted by molar-refractivity contribution is 5.44. The van der Waals surface area contributed by atoms with E-state index in [4.69, 9.17) is 10.7 Å². The third kappa shape index (κ3) is 4.42. The highest BCUT2D eigenvalue weighted by Gasteiger charge is 2.19. The summed E-state index contributed by atoms with van der Waals surface area (Å²) in [4.78, 5) is 9.80. The Balaban J connectivity index is 2.07. The van der Waals surface area contributed by atoms with Crippen LogP contribution in [0.4, 0.5) is 5.82 Å². The minimum Gasteiger partial charge on any atom is -0.354 e. The Hall–Kier alpha value is -1.13. The molecule has 0 amide bonds. The van der Waals surface area contributed by atoms with Gasteiger partial charge in [-0.2, -0.15) is 0 Å². The van der Waals surface area contributed by atoms with Crippen molar-refractivity contribution in [1.82, 2.24) is 9.88 Å². The SMILES string of the molecule is CC(C)CN1CCN(c2cc(CN)cc(C(C)C)n2)CC1. The number of piperazine rings is 1. The number of nitrogens with zero attached hydrogens (tertiary/aromatic N) is 3. The van der Waals surface area contributed by atoms with Crippen LogP contribution in [0.1, 0.15) is 44.9 Å². The minimum atomic E-state index is 0.442. The molecule has 1 aromatic heterocycles. The van der Waals surface area contributed by atoms with Crippen molar-refractivity contribution in [2.45, 2.75) is 40.2 Å². The quantitative estimate of drug-likeness (QED) is 0.905. The lowest BCUT2D eigenvalue weighted by molar-refractivity contribution is 0.231. The Bertz CT molecular complexity index is 448. The molecule has 1 aliphatic heterocycles. The molecule has 2 N–H and O–H groups in total. The smallest absolute Gasteiger partial charge is 0.129 e. The van der Waals surface area contributed by atoms with E-state index in [9.17, 15) is 0 Å². The number of hydrogen-bond donors (Lipinski definition) is 1. The molecular formula is C17H30N4. The fraction of sp³-hybridized carbons (Fsp3) is 0.706. The van der Waals surface area contributed by atoms with Crippen LogP contribution in [0, 0.1) is 5.92 Å². The van der Waals surface area contributed by atoms with Gasteiger partial charge in [-0.15, -0.1) is 0 Å². The van der Waals surface area contributed by atoms with E-state index in [2.05, 4.69) is 49.6 Å². The lowest BCUT2D eigenvalue weighted by Gasteiger charge is -2.36. The second-order valence-electron chi connectivity index (χ2n) is 6.80. The Kier molecular flexibility index (Phi) is 5.59. The standard InChI is InChI=1S/C17H30N4/c1-13(2)12-20-5-7-21(8-6-20)17-10-15(11-18)9-16(19-17)14(3)4/h9-10,13-14H,5-8,11-12,18H2,1-4H3. The highest BCUT2D eigenvalue weighted by atomic mass is 15.3. The number of aromatic nitrogens is 1. The summed E-state index contributed by atoms with van der Waals surface area (Å²) >= 11 is 0. The molecule has 2 rings (SSSR count). The normalized spacial score (nSPS) is 17.0. The van der Waals surface area contributed by atoms with Crippen molar-refractivity contribution in [2.24, 2.45) is 11.7 Å². The molecule has 0 unspecified atom stereocenters. The average molecular weight is 290 g/mol. The van der Waals surface area contributed by atoms with E-state index in [1.165, 1.54) is 12.1 Å². The van der Waals surface area contributed by atoms with Crippen LogP contribution in [-0.4, -0.2) is 42.6 Å². The van der Waals surface area contributed by atoms with E-state index in [-0.39, 0.29) is 0 Å². The first kappa shape index (κ1) is 16.2. The fourth-order valence-corrected chi connectivity index (χ4v) is 2.85. The monoisotopic (exact) mass is 290 g/mol. The maximum absolute atomic E-state index is 5.84. The van der Waals surface area contributed by atoms with Crippen molar-refractivity contribution in [3.05, 3.63) is 23.4 Å². The zero-order chi connectivity index (χ0) is 15.4. The first-order valence-electron chi connectivity index (χ1n) is 8.17. The molecule has 2 heterocycles. The number of hydrogen-bond acceptors (Lipinski definition) is 4. The number of anilines is 1. The first-order chi connectivity index (χ1) is 9.99. The highest BCUT2D eigenvalue weighted by Crippen LogP contribution is 2.21. The second kappa shape index (κ2) is 7.23. The van der Waals surface area contributed by atoms with Crippen LogP contribution < -0.4 is 10.6 Å². The molecule has 0 radical (unpaired) electrons. The Labute approximate surface area is 129 Å². The molecule has 1 aliphatic rings. The summed E-state index contributed by atoms with van der Waals surface area (Å²) in [7, 11) is 0. The molecule has 0 spiro atoms. The zero-order valence-electron chi connectivity index (χ0n) is 14.0. The van der Waals surface area contributed by atoms with Gasteiger partial charge in [0.1, 0.15) is 5.82 Å². The molecule has 1 saturated heterocycles. The third-order valence-electron chi connectivity index (χ3n) is 4.04. The van der Waals surface area contributed by atoms with E-state index in [0.29, 0.717) is 12.5 Å². The van der Waals surface area contributed by atoms with Gasteiger partial charge in [0.2, 0.25) is 0 Å². The number of pyridine rings is 1. The molecule has 4 nitrogen and oxygen atoms in total. The van der Waals surface area contributed by atoms with Crippen LogP contribution in [0.2, 0.25) is 0 Å². The van der Waals surface area contributed by atoms with Crippen molar-refractivity contribution in [2.75, 3.05) is 37.6 Å². The zero-order valence-corrected chi connectivity index (χ0v) is 14.0. The van der Waals surface area contributed by atoms with E-state index in [1.807, 2.05) is 0 Å². The lowest BCUT2D eigenvalue weighted by atomic mass is 10.1. The third-order valence-corrected chi connectivity index (χ3v) is 4.04. The van der Waals surface area contributed by atoms with Gasteiger partial charge in [0.15, 0.2) is 0 Å². The Morgan fingerprint density at radius 2 is 1.76 bits per heavy atom. The fourth-order valence-electron chi connectivity index (χ4n) is 2.85. The van der Waals surface area contributed by atoms with E-state index >= 15 is 0 Å². The van der Waals surface area contributed by atoms with E-state index in [1.54, 1.807) is 0 Å². The van der Waals surface area contributed by atoms with Gasteiger partial charge in [-0.25, -0.2) is 4.98 Å². The summed E-state index contributed by atoms with van der Waals surface area (Å²) in [5, 5.41) is 0. The molecule has 0 aliphatic carbocycles. The predicted molar refractivity (Wildman–Crippen MR) is 89.7 cm³/mol. The predicted octanol–water partition coefficient (Wildman–Crippen LogP) is 2.44. The molecule has 0 saturated carbocycles. The average Bonchev–Trinajstić information content (AvgIpc) is 2.46. The van der Waals surface area contributed by atoms with Crippen molar-refractivity contribution < 1.29 is 0 Å². The van der Waals surface area contributed by atoms with Crippen LogP contribution in [0.5, 0.6) is 0 Å². The van der Waals surface area contributed by atoms with Crippen LogP contribution in [-0.2, 0) is 6.54 Å². The maximum atomic E-state index is 5.84. The van der Waals surface area contributed by atoms with Crippen molar-refractivity contribution in [3.63, 3.8) is 0 Å². The first-order valence-corrected chi connectivity index (χ1v) is 8.17. The summed E-state index contributed by atoms with van der Waals surface area (Å²) in [6.07, 6.45) is 0. The molecule has 0 bridgehead atoms. The van der Waals surface area contributed by atoms with Gasteiger partial charge in [0.25, 0.3) is 0 Å². The summed E-state index contributed by atoms with van der Waals surface area (Å²) < 4.78 is 0. The Morgan fingerprint density at radius 1 is 1.10 bits per heavy atom. The van der Waals surface area contributed by atoms with Crippen LogP contribution >= 0.6 is 0 Å². The molecule has 21 heavy (non-hydrogen) atoms. The van der Waals surface area contributed by atoms with Gasteiger partial charge in [-0.05, 0) is 29.5 Å². The van der Waals surface area contributed by atoms with E-state index in [0.717, 1.165) is 43.6 Å². The molecule has 118 valence electrons. The van der Waals surface area contributed by atoms with Gasteiger partial charge in [-0.1, -0.05) is 27.7 Å². The topological polar surface area (TPSA) is 45.4 Å². The largest absolute Gasteiger partial charge is 0.354 e. The summed E-state index contributed by atoms with van der Waals surface area (Å²) in [6, 6.07) is 4.30. The molecular weight excluding hydrogens is 260 g/mol. The van der Waals surface area contributed by atoms with Crippen molar-refractivity contribution in [1.29, 1.82) is 0 Å². The van der Waals surface area contributed by atoms with Crippen LogP contribution in [0.25, 0.3) is 0 Å². The van der Waals surface area contributed by atoms with Gasteiger partial charge in [-0.3, -0.25) is 4.90 Å². The van der Waals surface area contributed by atoms with Crippen LogP contribution in [0.3, 0.4) is 0 Å². The van der Waals surface area contributed by atoms with Gasteiger partial charge in [0.05, 0.1) is 0 Å². The van der Waals surface area contributed by atoms with Crippen LogP contribution in [0.15, 0.2) is 12.1 Å². The number of nitrogens with two attached hydrogens (primary N) is 1. The summed E-state index contributed by atoms with van der Waals surface area (Å²) in [5.74, 6) is 2.28. The molecule has 1 aromatic rings. The maximum Gasteiger partial charge on any atom is 0.129 e. The summed E-state index contributed by atoms with van der Waals surface area (Å²) in [5.41, 5.74) is 8.18. The molecule has 0 atom stereocenters. The van der Waals surface area contributed by atoms with Gasteiger partial charge in [0, 0.05) is 45.0 Å². The second-order valence-corrected chi connectivity index (χ2v) is 6.80. The molecule has 4 heteroatoms. The summed E-state index contributed by atoms with van der Waals surface area (Å²) in [6.45, 7) is 15.1. The Morgan fingerprint density at radius 3 is 2.29 bits per heavy atom. The molecule has 1 fully saturated rings. The lowest BCUT2D eigenvalue weighted by Crippen LogP contribution is -2.47. The van der Waals surface area contributed by atoms with Gasteiger partial charge < -0.3 is 10.6 Å². The van der Waals surface area contributed by atoms with E-state index < -0.39 is 0 Å². The minimum absolute atomic E-state index is 0.442. The number of rotatable bonds is 5. The molecule has 0 aromatic carbocycles. The van der Waals surface area contributed by atoms with Crippen molar-refractivity contribution >= 4 is 5.82 Å². The van der Waals surface area contributed by atoms with Crippen molar-refractivity contribution in [3.8, 4) is 0 Å².